The number of sulfonamides is 1. The largest absolute Gasteiger partial charge is 0.340 e. The summed E-state index contributed by atoms with van der Waals surface area (Å²) in [5.41, 5.74) is 7.67. The number of carbonyl (C=O) groups is 1. The number of halogens is 1. The molecule has 12 nitrogen and oxygen atoms in total. The molecule has 7 rings (SSSR count). The number of benzene rings is 1. The number of fused-ring (bicyclic) bond motifs is 2. The molecule has 5 N–H and O–H groups in total. The van der Waals surface area contributed by atoms with Crippen LogP contribution in [0.2, 0.25) is 0 Å². The second-order valence-electron chi connectivity index (χ2n) is 12.7. The van der Waals surface area contributed by atoms with Crippen LogP contribution in [0.3, 0.4) is 0 Å². The van der Waals surface area contributed by atoms with Crippen LogP contribution < -0.4 is 15.4 Å². The third kappa shape index (κ3) is 7.51. The number of hydrogen-bond donors (Lipinski definition) is 5. The summed E-state index contributed by atoms with van der Waals surface area (Å²) in [6.45, 7) is 3.85. The van der Waals surface area contributed by atoms with Crippen LogP contribution in [0.15, 0.2) is 66.6 Å². The summed E-state index contributed by atoms with van der Waals surface area (Å²) >= 11 is 0. The Balaban J connectivity index is 1.18. The number of nitrogens with one attached hydrogen (secondary N) is 5. The Morgan fingerprint density at radius 2 is 1.84 bits per heavy atom. The highest BCUT2D eigenvalue weighted by Gasteiger charge is 2.23. The SMILES string of the molecule is CC1=CC=C(c2cc(F)cc(CNS(C)(=O)=O)c2)c2nc(-c3[nH]nc4ncc(-c5cncc(NC(=O)CC6CCNCC6)c5)cc34)[nH]c2C1. The predicted octanol–water partition coefficient (Wildman–Crippen LogP) is 4.86. The zero-order valence-corrected chi connectivity index (χ0v) is 27.9. The molecular weight excluding hydrogens is 646 g/mol. The summed E-state index contributed by atoms with van der Waals surface area (Å²) in [4.78, 5) is 30.2. The molecule has 49 heavy (non-hydrogen) atoms. The summed E-state index contributed by atoms with van der Waals surface area (Å²) in [7, 11) is -3.46. The number of nitrogens with zero attached hydrogens (tertiary/aromatic N) is 4. The highest BCUT2D eigenvalue weighted by atomic mass is 32.2. The first kappa shape index (κ1) is 32.5. The Morgan fingerprint density at radius 3 is 2.65 bits per heavy atom. The van der Waals surface area contributed by atoms with Crippen LogP contribution in [0.5, 0.6) is 0 Å². The maximum Gasteiger partial charge on any atom is 0.224 e. The molecule has 5 aromatic rings. The first-order valence-corrected chi connectivity index (χ1v) is 18.0. The highest BCUT2D eigenvalue weighted by molar-refractivity contribution is 7.88. The van der Waals surface area contributed by atoms with Gasteiger partial charge in [0, 0.05) is 54.2 Å². The Kier molecular flexibility index (Phi) is 8.92. The number of aromatic amines is 2. The number of pyridine rings is 2. The van der Waals surface area contributed by atoms with Crippen LogP contribution in [0, 0.1) is 11.7 Å². The van der Waals surface area contributed by atoms with E-state index >= 15 is 0 Å². The average Bonchev–Trinajstić information content (AvgIpc) is 3.64. The van der Waals surface area contributed by atoms with Crippen LogP contribution in [-0.4, -0.2) is 63.8 Å². The number of aromatic nitrogens is 6. The molecular formula is C35H36FN9O3S. The van der Waals surface area contributed by atoms with Gasteiger partial charge in [0.2, 0.25) is 15.9 Å². The molecule has 0 radical (unpaired) electrons. The van der Waals surface area contributed by atoms with Gasteiger partial charge in [-0.1, -0.05) is 17.7 Å². The van der Waals surface area contributed by atoms with Crippen molar-refractivity contribution >= 4 is 38.2 Å². The molecule has 0 saturated carbocycles. The van der Waals surface area contributed by atoms with E-state index in [4.69, 9.17) is 4.98 Å². The number of imidazole rings is 1. The minimum absolute atomic E-state index is 0.0207. The van der Waals surface area contributed by atoms with Gasteiger partial charge in [-0.3, -0.25) is 14.9 Å². The number of allylic oxidation sites excluding steroid dienone is 3. The maximum atomic E-state index is 14.8. The molecule has 0 spiro atoms. The quantitative estimate of drug-likeness (QED) is 0.147. The number of H-pyrrole nitrogens is 2. The van der Waals surface area contributed by atoms with Crippen molar-refractivity contribution < 1.29 is 17.6 Å². The number of rotatable bonds is 9. The molecule has 1 saturated heterocycles. The lowest BCUT2D eigenvalue weighted by Crippen LogP contribution is -2.30. The van der Waals surface area contributed by atoms with Crippen LogP contribution in [0.4, 0.5) is 10.1 Å². The number of anilines is 1. The third-order valence-electron chi connectivity index (χ3n) is 8.77. The van der Waals surface area contributed by atoms with E-state index in [0.717, 1.165) is 60.0 Å². The molecule has 4 aromatic heterocycles. The second kappa shape index (κ2) is 13.5. The van der Waals surface area contributed by atoms with Gasteiger partial charge in [-0.15, -0.1) is 0 Å². The molecule has 1 fully saturated rings. The number of amides is 1. The van der Waals surface area contributed by atoms with Crippen molar-refractivity contribution in [3.05, 3.63) is 95.0 Å². The van der Waals surface area contributed by atoms with Crippen LogP contribution >= 0.6 is 0 Å². The lowest BCUT2D eigenvalue weighted by atomic mass is 9.94. The highest BCUT2D eigenvalue weighted by Crippen LogP contribution is 2.34. The molecule has 2 aliphatic rings. The minimum Gasteiger partial charge on any atom is -0.340 e. The van der Waals surface area contributed by atoms with Gasteiger partial charge in [-0.05, 0) is 80.2 Å². The monoisotopic (exact) mass is 681 g/mol. The summed E-state index contributed by atoms with van der Waals surface area (Å²) in [6.07, 6.45) is 13.1. The molecule has 5 heterocycles. The van der Waals surface area contributed by atoms with Gasteiger partial charge in [0.1, 0.15) is 11.5 Å². The van der Waals surface area contributed by atoms with E-state index < -0.39 is 15.8 Å². The summed E-state index contributed by atoms with van der Waals surface area (Å²) < 4.78 is 40.6. The zero-order valence-electron chi connectivity index (χ0n) is 27.1. The zero-order chi connectivity index (χ0) is 34.1. The standard InChI is InChI=1S/C35H36FN9O3S/c1-20-3-4-28(23-10-22(11-26(36)13-23)16-40-49(2,47)48)32-30(9-20)42-35(43-32)33-29-15-25(18-39-34(29)45-44-33)24-14-27(19-38-17-24)41-31(46)12-21-5-7-37-8-6-21/h3-4,10-11,13-15,17-19,21,37,40H,5-9,12,16H2,1-2H3,(H,41,46)(H,42,43)(H,39,44,45). The van der Waals surface area contributed by atoms with E-state index in [0.29, 0.717) is 64.0 Å². The Hall–Kier alpha value is -5.05. The molecule has 14 heteroatoms. The van der Waals surface area contributed by atoms with Gasteiger partial charge in [-0.25, -0.2) is 27.5 Å². The predicted molar refractivity (Wildman–Crippen MR) is 186 cm³/mol. The van der Waals surface area contributed by atoms with Crippen molar-refractivity contribution in [3.8, 4) is 22.6 Å². The van der Waals surface area contributed by atoms with Crippen molar-refractivity contribution in [2.24, 2.45) is 5.92 Å². The van der Waals surface area contributed by atoms with Gasteiger partial charge in [0.15, 0.2) is 11.5 Å². The summed E-state index contributed by atoms with van der Waals surface area (Å²) in [6, 6.07) is 8.34. The number of hydrogen-bond acceptors (Lipinski definition) is 8. The lowest BCUT2D eigenvalue weighted by Gasteiger charge is -2.21. The Bertz CT molecular complexity index is 2230. The van der Waals surface area contributed by atoms with Crippen molar-refractivity contribution in [1.29, 1.82) is 0 Å². The van der Waals surface area contributed by atoms with E-state index in [9.17, 15) is 17.6 Å². The van der Waals surface area contributed by atoms with Gasteiger partial charge in [0.25, 0.3) is 0 Å². The van der Waals surface area contributed by atoms with Gasteiger partial charge >= 0.3 is 0 Å². The topological polar surface area (TPSA) is 170 Å². The van der Waals surface area contributed by atoms with E-state index in [-0.39, 0.29) is 12.5 Å². The van der Waals surface area contributed by atoms with Gasteiger partial charge in [-0.2, -0.15) is 5.10 Å². The minimum atomic E-state index is -3.46. The fourth-order valence-electron chi connectivity index (χ4n) is 6.34. The number of carbonyl (C=O) groups excluding carboxylic acids is 1. The third-order valence-corrected chi connectivity index (χ3v) is 9.43. The first-order chi connectivity index (χ1) is 23.6. The van der Waals surface area contributed by atoms with Gasteiger partial charge < -0.3 is 15.6 Å². The van der Waals surface area contributed by atoms with E-state index in [1.807, 2.05) is 31.2 Å². The molecule has 1 aliphatic heterocycles. The molecule has 0 atom stereocenters. The van der Waals surface area contributed by atoms with Crippen LogP contribution in [0.25, 0.3) is 39.3 Å². The molecule has 0 bridgehead atoms. The van der Waals surface area contributed by atoms with Crippen molar-refractivity contribution in [2.45, 2.75) is 39.2 Å². The van der Waals surface area contributed by atoms with E-state index in [2.05, 4.69) is 40.5 Å². The summed E-state index contributed by atoms with van der Waals surface area (Å²) in [5, 5.41) is 14.6. The van der Waals surface area contributed by atoms with Crippen molar-refractivity contribution in [1.82, 2.24) is 40.2 Å². The van der Waals surface area contributed by atoms with Crippen molar-refractivity contribution in [2.75, 3.05) is 24.7 Å². The molecule has 1 amide bonds. The average molecular weight is 682 g/mol. The first-order valence-electron chi connectivity index (χ1n) is 16.1. The van der Waals surface area contributed by atoms with Crippen molar-refractivity contribution in [3.63, 3.8) is 0 Å². The van der Waals surface area contributed by atoms with E-state index in [1.165, 1.54) is 12.1 Å². The molecule has 1 aliphatic carbocycles. The maximum absolute atomic E-state index is 14.8. The lowest BCUT2D eigenvalue weighted by molar-refractivity contribution is -0.117. The fourth-order valence-corrected chi connectivity index (χ4v) is 6.77. The molecule has 1 aromatic carbocycles. The molecule has 0 unspecified atom stereocenters. The fraction of sp³-hybridized carbons (Fsp3) is 0.286. The van der Waals surface area contributed by atoms with Crippen LogP contribution in [-0.2, 0) is 27.8 Å². The van der Waals surface area contributed by atoms with Crippen LogP contribution in [0.1, 0.15) is 48.7 Å². The van der Waals surface area contributed by atoms with E-state index in [1.54, 1.807) is 24.7 Å². The Morgan fingerprint density at radius 1 is 1.02 bits per heavy atom. The second-order valence-corrected chi connectivity index (χ2v) is 14.6. The Labute approximate surface area is 282 Å². The number of piperidine rings is 1. The van der Waals surface area contributed by atoms with Gasteiger partial charge in [0.05, 0.1) is 29.2 Å². The molecule has 252 valence electrons. The normalized spacial score (nSPS) is 15.4. The smallest absolute Gasteiger partial charge is 0.224 e. The summed E-state index contributed by atoms with van der Waals surface area (Å²) in [5.74, 6) is 0.415.